The smallest absolute Gasteiger partial charge is 0.313 e. The van der Waals surface area contributed by atoms with Crippen LogP contribution in [-0.4, -0.2) is 22.3 Å². The van der Waals surface area contributed by atoms with E-state index in [1.165, 1.54) is 22.7 Å². The van der Waals surface area contributed by atoms with E-state index in [4.69, 9.17) is 4.98 Å². The summed E-state index contributed by atoms with van der Waals surface area (Å²) in [7, 11) is 0. The van der Waals surface area contributed by atoms with Crippen molar-refractivity contribution in [2.75, 3.05) is 11.9 Å². The molecule has 216 valence electrons. The number of fused-ring (bicyclic) bond motifs is 2. The number of nitrogens with one attached hydrogen (secondary N) is 1. The van der Waals surface area contributed by atoms with Crippen molar-refractivity contribution in [3.8, 4) is 10.6 Å². The largest absolute Gasteiger partial charge is 0.416 e. The van der Waals surface area contributed by atoms with Crippen molar-refractivity contribution in [2.24, 2.45) is 0 Å². The van der Waals surface area contributed by atoms with Gasteiger partial charge in [0.05, 0.1) is 21.3 Å². The summed E-state index contributed by atoms with van der Waals surface area (Å²) >= 11 is 2.69. The Morgan fingerprint density at radius 1 is 0.881 bits per heavy atom. The molecule has 2 aromatic heterocycles. The maximum atomic E-state index is 13.5. The van der Waals surface area contributed by atoms with E-state index in [1.807, 2.05) is 54.6 Å². The zero-order chi connectivity index (χ0) is 29.6. The number of carbonyl (C=O) groups is 1. The summed E-state index contributed by atoms with van der Waals surface area (Å²) in [5, 5.41) is 3.61. The van der Waals surface area contributed by atoms with E-state index in [-0.39, 0.29) is 6.07 Å². The molecule has 3 aromatic carbocycles. The van der Waals surface area contributed by atoms with Gasteiger partial charge in [-0.3, -0.25) is 9.69 Å². The highest BCUT2D eigenvalue weighted by Gasteiger charge is 2.38. The number of alkyl halides is 6. The lowest BCUT2D eigenvalue weighted by Gasteiger charge is -2.27. The highest BCUT2D eigenvalue weighted by Crippen LogP contribution is 2.46. The quantitative estimate of drug-likeness (QED) is 0.201. The summed E-state index contributed by atoms with van der Waals surface area (Å²) in [6.45, 7) is 2.01. The summed E-state index contributed by atoms with van der Waals surface area (Å²) in [4.78, 5) is 21.2. The number of benzene rings is 3. The van der Waals surface area contributed by atoms with E-state index in [1.54, 1.807) is 0 Å². The van der Waals surface area contributed by atoms with Crippen molar-refractivity contribution >= 4 is 43.8 Å². The number of hydrogen-bond donors (Lipinski definition) is 1. The fraction of sp³-hybridized carbons (Fsp3) is 0.200. The number of rotatable bonds is 5. The molecular weight excluding hydrogens is 596 g/mol. The molecule has 0 atom stereocenters. The van der Waals surface area contributed by atoms with Crippen LogP contribution in [0.4, 0.5) is 31.3 Å². The van der Waals surface area contributed by atoms with Gasteiger partial charge in [-0.05, 0) is 47.9 Å². The van der Waals surface area contributed by atoms with E-state index in [0.717, 1.165) is 32.8 Å². The maximum absolute atomic E-state index is 13.5. The molecule has 1 N–H and O–H groups in total. The summed E-state index contributed by atoms with van der Waals surface area (Å²) in [6.07, 6.45) is -9.49. The Kier molecular flexibility index (Phi) is 7.32. The van der Waals surface area contributed by atoms with Crippen molar-refractivity contribution in [3.63, 3.8) is 0 Å². The number of hydrogen-bond acceptors (Lipinski definition) is 5. The molecule has 0 unspecified atom stereocenters. The number of anilines is 1. The Hall–Kier alpha value is -3.74. The van der Waals surface area contributed by atoms with Crippen LogP contribution in [0, 0.1) is 0 Å². The molecule has 5 aromatic rings. The molecular formula is C30H21F6N3OS2. The average Bonchev–Trinajstić information content (AvgIpc) is 3.52. The predicted molar refractivity (Wildman–Crippen MR) is 152 cm³/mol. The Bertz CT molecular complexity index is 1710. The molecule has 1 aliphatic heterocycles. The van der Waals surface area contributed by atoms with Gasteiger partial charge in [0.1, 0.15) is 10.0 Å². The second-order valence-electron chi connectivity index (χ2n) is 9.89. The Morgan fingerprint density at radius 2 is 1.55 bits per heavy atom. The number of carbonyl (C=O) groups excluding carboxylic acids is 1. The van der Waals surface area contributed by atoms with Crippen LogP contribution in [-0.2, 0) is 31.9 Å². The van der Waals surface area contributed by atoms with Crippen LogP contribution in [0.15, 0.2) is 72.8 Å². The molecule has 1 amide bonds. The van der Waals surface area contributed by atoms with Crippen LogP contribution in [0.5, 0.6) is 0 Å². The third kappa shape index (κ3) is 5.79. The van der Waals surface area contributed by atoms with Crippen LogP contribution in [0.1, 0.15) is 37.5 Å². The average molecular weight is 618 g/mol. The van der Waals surface area contributed by atoms with Crippen molar-refractivity contribution in [1.82, 2.24) is 9.88 Å². The number of para-hydroxylation sites is 1. The van der Waals surface area contributed by atoms with Crippen LogP contribution in [0.2, 0.25) is 0 Å². The first kappa shape index (κ1) is 28.4. The summed E-state index contributed by atoms with van der Waals surface area (Å²) < 4.78 is 81.6. The lowest BCUT2D eigenvalue weighted by atomic mass is 10.0. The Morgan fingerprint density at radius 3 is 2.21 bits per heavy atom. The monoisotopic (exact) mass is 617 g/mol. The second-order valence-corrected chi connectivity index (χ2v) is 12.0. The number of aromatic nitrogens is 1. The number of halogens is 6. The van der Waals surface area contributed by atoms with Gasteiger partial charge in [-0.25, -0.2) is 4.98 Å². The molecule has 6 rings (SSSR count). The SMILES string of the molecule is O=C(Nc1sc2c(c1-c1nc3ccccc3s1)CCN(Cc1ccccc1)C2)c1cc(C(F)(F)F)cc(C(F)(F)F)c1. The molecule has 0 bridgehead atoms. The van der Waals surface area contributed by atoms with Crippen LogP contribution in [0.3, 0.4) is 0 Å². The molecule has 42 heavy (non-hydrogen) atoms. The minimum atomic E-state index is -5.06. The fourth-order valence-corrected chi connectivity index (χ4v) is 7.38. The highest BCUT2D eigenvalue weighted by molar-refractivity contribution is 7.23. The number of thiophene rings is 1. The third-order valence-corrected chi connectivity index (χ3v) is 9.16. The first-order valence-corrected chi connectivity index (χ1v) is 14.5. The van der Waals surface area contributed by atoms with E-state index in [9.17, 15) is 31.1 Å². The van der Waals surface area contributed by atoms with Gasteiger partial charge in [0, 0.05) is 35.6 Å². The molecule has 3 heterocycles. The van der Waals surface area contributed by atoms with Crippen molar-refractivity contribution < 1.29 is 31.1 Å². The summed E-state index contributed by atoms with van der Waals surface area (Å²) in [6, 6.07) is 18.3. The lowest BCUT2D eigenvalue weighted by molar-refractivity contribution is -0.143. The van der Waals surface area contributed by atoms with Crippen molar-refractivity contribution in [2.45, 2.75) is 31.9 Å². The molecule has 0 radical (unpaired) electrons. The zero-order valence-electron chi connectivity index (χ0n) is 21.6. The molecule has 0 spiro atoms. The fourth-order valence-electron chi connectivity index (χ4n) is 4.99. The van der Waals surface area contributed by atoms with Crippen LogP contribution < -0.4 is 5.32 Å². The third-order valence-electron chi connectivity index (χ3n) is 6.97. The van der Waals surface area contributed by atoms with Gasteiger partial charge >= 0.3 is 12.4 Å². The second kappa shape index (κ2) is 10.8. The summed E-state index contributed by atoms with van der Waals surface area (Å²) in [5.41, 5.74) is -0.298. The number of nitrogens with zero attached hydrogens (tertiary/aromatic N) is 2. The van der Waals surface area contributed by atoms with E-state index < -0.39 is 35.0 Å². The van der Waals surface area contributed by atoms with E-state index in [2.05, 4.69) is 10.2 Å². The standard InChI is InChI=1S/C30H21F6N3OS2/c31-29(32,33)19-12-18(13-20(14-19)30(34,35)36)26(40)38-28-25(27-37-22-8-4-5-9-23(22)41-27)21-10-11-39(16-24(21)42-28)15-17-6-2-1-3-7-17/h1-9,12-14H,10-11,15-16H2,(H,38,40). The molecule has 12 heteroatoms. The van der Waals surface area contributed by atoms with Gasteiger partial charge < -0.3 is 5.32 Å². The van der Waals surface area contributed by atoms with Crippen molar-refractivity contribution in [3.05, 3.63) is 105 Å². The van der Waals surface area contributed by atoms with Gasteiger partial charge in [-0.1, -0.05) is 42.5 Å². The Labute approximate surface area is 244 Å². The van der Waals surface area contributed by atoms with Gasteiger partial charge in [0.25, 0.3) is 5.91 Å². The summed E-state index contributed by atoms with van der Waals surface area (Å²) in [5.74, 6) is -1.06. The number of amides is 1. The molecule has 0 fully saturated rings. The minimum Gasteiger partial charge on any atom is -0.313 e. The normalized spacial score (nSPS) is 14.2. The van der Waals surface area contributed by atoms with Crippen LogP contribution >= 0.6 is 22.7 Å². The van der Waals surface area contributed by atoms with Crippen LogP contribution in [0.25, 0.3) is 20.8 Å². The highest BCUT2D eigenvalue weighted by atomic mass is 32.1. The zero-order valence-corrected chi connectivity index (χ0v) is 23.3. The minimum absolute atomic E-state index is 0.00844. The lowest BCUT2D eigenvalue weighted by Crippen LogP contribution is -2.29. The molecule has 0 saturated carbocycles. The first-order valence-electron chi connectivity index (χ1n) is 12.8. The van der Waals surface area contributed by atoms with Gasteiger partial charge in [-0.2, -0.15) is 26.3 Å². The van der Waals surface area contributed by atoms with Gasteiger partial charge in [0.15, 0.2) is 0 Å². The molecule has 0 aliphatic carbocycles. The first-order chi connectivity index (χ1) is 20.0. The van der Waals surface area contributed by atoms with Gasteiger partial charge in [0.2, 0.25) is 0 Å². The predicted octanol–water partition coefficient (Wildman–Crippen LogP) is 8.87. The number of thiazole rings is 1. The van der Waals surface area contributed by atoms with E-state index in [0.29, 0.717) is 47.2 Å². The maximum Gasteiger partial charge on any atom is 0.416 e. The van der Waals surface area contributed by atoms with Crippen molar-refractivity contribution in [1.29, 1.82) is 0 Å². The Balaban J connectivity index is 1.39. The molecule has 4 nitrogen and oxygen atoms in total. The van der Waals surface area contributed by atoms with E-state index >= 15 is 0 Å². The van der Waals surface area contributed by atoms with Gasteiger partial charge in [-0.15, -0.1) is 22.7 Å². The topological polar surface area (TPSA) is 45.2 Å². The molecule has 1 aliphatic rings. The molecule has 0 saturated heterocycles.